The normalized spacial score (nSPS) is 31.0. The van der Waals surface area contributed by atoms with Gasteiger partial charge in [-0.15, -0.1) is 0 Å². The lowest BCUT2D eigenvalue weighted by Gasteiger charge is -2.38. The summed E-state index contributed by atoms with van der Waals surface area (Å²) >= 11 is 0. The molecule has 0 saturated carbocycles. The molecule has 8 nitrogen and oxygen atoms in total. The number of aliphatic carboxylic acids is 1. The zero-order valence-electron chi connectivity index (χ0n) is 7.94. The van der Waals surface area contributed by atoms with Gasteiger partial charge < -0.3 is 39.6 Å². The van der Waals surface area contributed by atoms with Crippen LogP contribution in [0.25, 0.3) is 0 Å². The SMILES string of the molecule is N[C@@H]1CC(C(=O)[O-])=C[C@@H](OP(=O)([O-])[O-])[C@H]1O. The van der Waals surface area contributed by atoms with Crippen LogP contribution in [0.15, 0.2) is 11.6 Å². The topological polar surface area (TPSA) is 159 Å². The number of aliphatic hydroxyl groups is 1. The van der Waals surface area contributed by atoms with E-state index < -0.39 is 32.0 Å². The Morgan fingerprint density at radius 3 is 2.62 bits per heavy atom. The Balaban J connectivity index is 2.92. The van der Waals surface area contributed by atoms with Gasteiger partial charge in [0.1, 0.15) is 6.10 Å². The van der Waals surface area contributed by atoms with Crippen molar-refractivity contribution < 1.29 is 33.9 Å². The van der Waals surface area contributed by atoms with Crippen LogP contribution in [-0.4, -0.2) is 29.3 Å². The first kappa shape index (κ1) is 13.3. The molecule has 0 amide bonds. The molecule has 0 radical (unpaired) electrons. The number of rotatable bonds is 3. The zero-order valence-corrected chi connectivity index (χ0v) is 8.83. The number of carboxylic acids is 1. The number of carbonyl (C=O) groups excluding carboxylic acids is 1. The highest BCUT2D eigenvalue weighted by Gasteiger charge is 2.31. The maximum atomic E-state index is 10.5. The van der Waals surface area contributed by atoms with Crippen molar-refractivity contribution >= 4 is 13.8 Å². The van der Waals surface area contributed by atoms with Crippen molar-refractivity contribution in [3.8, 4) is 0 Å². The Kier molecular flexibility index (Phi) is 3.84. The molecule has 9 heteroatoms. The van der Waals surface area contributed by atoms with E-state index in [2.05, 4.69) is 4.52 Å². The molecule has 0 fully saturated rings. The molecule has 16 heavy (non-hydrogen) atoms. The third kappa shape index (κ3) is 3.38. The maximum Gasteiger partial charge on any atom is 0.109 e. The second-order valence-electron chi connectivity index (χ2n) is 3.36. The van der Waals surface area contributed by atoms with E-state index in [9.17, 15) is 29.4 Å². The van der Waals surface area contributed by atoms with Crippen molar-refractivity contribution in [3.05, 3.63) is 11.6 Å². The summed E-state index contributed by atoms with van der Waals surface area (Å²) in [5, 5.41) is 19.9. The fourth-order valence-electron chi connectivity index (χ4n) is 1.38. The first-order chi connectivity index (χ1) is 7.20. The van der Waals surface area contributed by atoms with Crippen molar-refractivity contribution in [2.75, 3.05) is 0 Å². The van der Waals surface area contributed by atoms with Gasteiger partial charge in [-0.1, -0.05) is 0 Å². The number of phosphoric ester groups is 1. The molecular formula is C7H9NO7P-3. The minimum Gasteiger partial charge on any atom is -0.790 e. The van der Waals surface area contributed by atoms with Crippen molar-refractivity contribution in [1.29, 1.82) is 0 Å². The van der Waals surface area contributed by atoms with E-state index in [4.69, 9.17) is 5.73 Å². The van der Waals surface area contributed by atoms with Crippen LogP contribution in [-0.2, 0) is 13.9 Å². The molecule has 0 unspecified atom stereocenters. The lowest BCUT2D eigenvalue weighted by atomic mass is 9.91. The van der Waals surface area contributed by atoms with Gasteiger partial charge in [-0.25, -0.2) is 0 Å². The van der Waals surface area contributed by atoms with Crippen LogP contribution >= 0.6 is 7.82 Å². The summed E-state index contributed by atoms with van der Waals surface area (Å²) < 4.78 is 14.3. The predicted octanol–water partition coefficient (Wildman–Crippen LogP) is -4.03. The van der Waals surface area contributed by atoms with E-state index in [-0.39, 0.29) is 12.0 Å². The van der Waals surface area contributed by atoms with Gasteiger partial charge in [0, 0.05) is 6.04 Å². The fourth-order valence-corrected chi connectivity index (χ4v) is 1.86. The zero-order chi connectivity index (χ0) is 12.5. The van der Waals surface area contributed by atoms with E-state index in [1.54, 1.807) is 0 Å². The predicted molar refractivity (Wildman–Crippen MR) is 44.2 cm³/mol. The monoisotopic (exact) mass is 250 g/mol. The Labute approximate surface area is 90.6 Å². The average molecular weight is 250 g/mol. The lowest BCUT2D eigenvalue weighted by Crippen LogP contribution is -2.48. The standard InChI is InChI=1S/C7H12NO7P/c8-4-1-3(7(10)11)2-5(6(4)9)15-16(12,13)14/h2,4-6,9H,1,8H2,(H,10,11)(H2,12,13,14)/p-3/t4-,5-,6+/m1/s1. The van der Waals surface area contributed by atoms with Crippen LogP contribution in [0.1, 0.15) is 6.42 Å². The molecule has 0 aromatic heterocycles. The summed E-state index contributed by atoms with van der Waals surface area (Å²) in [6.07, 6.45) is -2.42. The number of nitrogens with two attached hydrogens (primary N) is 1. The fraction of sp³-hybridized carbons (Fsp3) is 0.571. The number of carboxylic acid groups (broad SMARTS) is 1. The molecule has 0 aromatic rings. The third-order valence-corrected chi connectivity index (χ3v) is 2.61. The summed E-state index contributed by atoms with van der Waals surface area (Å²) in [6, 6.07) is -1.03. The number of hydrogen-bond acceptors (Lipinski definition) is 8. The largest absolute Gasteiger partial charge is 0.790 e. The lowest BCUT2D eigenvalue weighted by molar-refractivity contribution is -0.345. The van der Waals surface area contributed by atoms with Crippen molar-refractivity contribution in [3.63, 3.8) is 0 Å². The van der Waals surface area contributed by atoms with E-state index in [0.717, 1.165) is 6.08 Å². The molecule has 0 saturated heterocycles. The van der Waals surface area contributed by atoms with Crippen LogP contribution in [0, 0.1) is 0 Å². The van der Waals surface area contributed by atoms with E-state index in [1.807, 2.05) is 0 Å². The Morgan fingerprint density at radius 1 is 1.62 bits per heavy atom. The third-order valence-electron chi connectivity index (χ3n) is 2.11. The smallest absolute Gasteiger partial charge is 0.109 e. The van der Waals surface area contributed by atoms with E-state index in [0.29, 0.717) is 0 Å². The molecular weight excluding hydrogens is 241 g/mol. The van der Waals surface area contributed by atoms with Gasteiger partial charge in [-0.3, -0.25) is 0 Å². The van der Waals surface area contributed by atoms with Crippen molar-refractivity contribution in [2.24, 2.45) is 5.73 Å². The van der Waals surface area contributed by atoms with Crippen LogP contribution in [0.5, 0.6) is 0 Å². The minimum absolute atomic E-state index is 0.189. The van der Waals surface area contributed by atoms with Gasteiger partial charge in [-0.05, 0) is 18.1 Å². The van der Waals surface area contributed by atoms with Gasteiger partial charge in [-0.2, -0.15) is 0 Å². The molecule has 3 N–H and O–H groups in total. The van der Waals surface area contributed by atoms with E-state index >= 15 is 0 Å². The Hall–Kier alpha value is -0.760. The molecule has 0 heterocycles. The van der Waals surface area contributed by atoms with E-state index in [1.165, 1.54) is 0 Å². The van der Waals surface area contributed by atoms with Gasteiger partial charge in [0.25, 0.3) is 0 Å². The highest BCUT2D eigenvalue weighted by atomic mass is 31.2. The summed E-state index contributed by atoms with van der Waals surface area (Å²) in [5.41, 5.74) is 5.05. The molecule has 1 aliphatic carbocycles. The van der Waals surface area contributed by atoms with Gasteiger partial charge in [0.15, 0.2) is 0 Å². The Bertz CT molecular complexity index is 362. The molecule has 0 bridgehead atoms. The molecule has 0 aromatic carbocycles. The minimum atomic E-state index is -5.33. The first-order valence-corrected chi connectivity index (χ1v) is 5.73. The summed E-state index contributed by atoms with van der Waals surface area (Å²) in [6.45, 7) is 0. The number of carbonyl (C=O) groups is 1. The first-order valence-electron chi connectivity index (χ1n) is 4.27. The number of phosphoric acid groups is 1. The number of aliphatic hydroxyl groups excluding tert-OH is 1. The van der Waals surface area contributed by atoms with Crippen molar-refractivity contribution in [2.45, 2.75) is 24.7 Å². The highest BCUT2D eigenvalue weighted by molar-refractivity contribution is 7.43. The van der Waals surface area contributed by atoms with Crippen molar-refractivity contribution in [1.82, 2.24) is 0 Å². The molecule has 3 atom stereocenters. The number of hydrogen-bond donors (Lipinski definition) is 2. The molecule has 0 aliphatic heterocycles. The summed E-state index contributed by atoms with van der Waals surface area (Å²) in [7, 11) is -5.33. The molecule has 1 rings (SSSR count). The summed E-state index contributed by atoms with van der Waals surface area (Å²) in [4.78, 5) is 31.2. The van der Waals surface area contributed by atoms with Crippen LogP contribution < -0.4 is 20.6 Å². The summed E-state index contributed by atoms with van der Waals surface area (Å²) in [5.74, 6) is -1.55. The Morgan fingerprint density at radius 2 is 2.19 bits per heavy atom. The van der Waals surface area contributed by atoms with Gasteiger partial charge in [0.05, 0.1) is 19.9 Å². The van der Waals surface area contributed by atoms with Crippen LogP contribution in [0.2, 0.25) is 0 Å². The van der Waals surface area contributed by atoms with Crippen LogP contribution in [0.4, 0.5) is 0 Å². The van der Waals surface area contributed by atoms with Crippen LogP contribution in [0.3, 0.4) is 0 Å². The highest BCUT2D eigenvalue weighted by Crippen LogP contribution is 2.32. The van der Waals surface area contributed by atoms with Gasteiger partial charge in [0.2, 0.25) is 0 Å². The maximum absolute atomic E-state index is 10.5. The quantitative estimate of drug-likeness (QED) is 0.479. The second kappa shape index (κ2) is 4.62. The second-order valence-corrected chi connectivity index (χ2v) is 4.46. The van der Waals surface area contributed by atoms with Gasteiger partial charge >= 0.3 is 0 Å². The molecule has 1 aliphatic rings. The molecule has 92 valence electrons. The molecule has 0 spiro atoms. The average Bonchev–Trinajstić information content (AvgIpc) is 2.10.